The van der Waals surface area contributed by atoms with Crippen LogP contribution in [0.15, 0.2) is 42.6 Å². The second-order valence-electron chi connectivity index (χ2n) is 7.44. The van der Waals surface area contributed by atoms with Gasteiger partial charge in [-0.1, -0.05) is 32.4 Å². The molecule has 138 valence electrons. The van der Waals surface area contributed by atoms with Crippen molar-refractivity contribution in [2.75, 3.05) is 18.0 Å². The van der Waals surface area contributed by atoms with Crippen LogP contribution in [0.4, 0.5) is 10.2 Å². The largest absolute Gasteiger partial charge is 0.357 e. The van der Waals surface area contributed by atoms with Crippen molar-refractivity contribution in [1.29, 1.82) is 0 Å². The number of benzene rings is 1. The number of halogens is 1. The first-order chi connectivity index (χ1) is 12.6. The van der Waals surface area contributed by atoms with Crippen molar-refractivity contribution in [2.24, 2.45) is 5.92 Å². The Morgan fingerprint density at radius 3 is 2.62 bits per heavy atom. The zero-order chi connectivity index (χ0) is 18.5. The summed E-state index contributed by atoms with van der Waals surface area (Å²) in [6.07, 6.45) is 8.77. The van der Waals surface area contributed by atoms with Gasteiger partial charge in [0, 0.05) is 24.8 Å². The Balaban J connectivity index is 1.87. The number of piperidine rings is 1. The van der Waals surface area contributed by atoms with Crippen molar-refractivity contribution < 1.29 is 4.39 Å². The highest BCUT2D eigenvalue weighted by Gasteiger charge is 2.17. The van der Waals surface area contributed by atoms with Crippen LogP contribution in [0.1, 0.15) is 56.2 Å². The van der Waals surface area contributed by atoms with Crippen LogP contribution in [-0.4, -0.2) is 18.1 Å². The Hall–Kier alpha value is -2.16. The van der Waals surface area contributed by atoms with Gasteiger partial charge in [-0.15, -0.1) is 0 Å². The van der Waals surface area contributed by atoms with E-state index < -0.39 is 0 Å². The molecule has 0 radical (unpaired) electrons. The van der Waals surface area contributed by atoms with Gasteiger partial charge in [0.15, 0.2) is 0 Å². The summed E-state index contributed by atoms with van der Waals surface area (Å²) in [6.45, 7) is 8.63. The monoisotopic (exact) mass is 352 g/mol. The molecule has 1 aliphatic heterocycles. The van der Waals surface area contributed by atoms with Crippen LogP contribution in [0.2, 0.25) is 0 Å². The van der Waals surface area contributed by atoms with E-state index in [0.29, 0.717) is 0 Å². The predicted molar refractivity (Wildman–Crippen MR) is 108 cm³/mol. The highest BCUT2D eigenvalue weighted by molar-refractivity contribution is 5.81. The van der Waals surface area contributed by atoms with Crippen LogP contribution in [0.5, 0.6) is 0 Å². The zero-order valence-electron chi connectivity index (χ0n) is 16.1. The van der Waals surface area contributed by atoms with E-state index in [9.17, 15) is 4.39 Å². The molecule has 1 saturated heterocycles. The van der Waals surface area contributed by atoms with Crippen molar-refractivity contribution >= 4 is 11.4 Å². The molecule has 0 atom stereocenters. The van der Waals surface area contributed by atoms with Gasteiger partial charge in [0.1, 0.15) is 11.6 Å². The van der Waals surface area contributed by atoms with E-state index >= 15 is 0 Å². The highest BCUT2D eigenvalue weighted by Crippen LogP contribution is 2.29. The number of rotatable bonds is 5. The van der Waals surface area contributed by atoms with Crippen molar-refractivity contribution in [3.05, 3.63) is 65.1 Å². The minimum atomic E-state index is -0.186. The summed E-state index contributed by atoms with van der Waals surface area (Å²) in [6, 6.07) is 9.31. The molecule has 1 aliphatic rings. The number of pyridine rings is 1. The van der Waals surface area contributed by atoms with E-state index in [0.717, 1.165) is 59.9 Å². The smallest absolute Gasteiger partial charge is 0.128 e. The molecule has 0 spiro atoms. The summed E-state index contributed by atoms with van der Waals surface area (Å²) < 4.78 is 13.5. The third kappa shape index (κ3) is 4.32. The molecule has 2 heterocycles. The lowest BCUT2D eigenvalue weighted by Gasteiger charge is -2.31. The van der Waals surface area contributed by atoms with Gasteiger partial charge < -0.3 is 4.90 Å². The van der Waals surface area contributed by atoms with Gasteiger partial charge in [-0.25, -0.2) is 9.37 Å². The predicted octanol–water partition coefficient (Wildman–Crippen LogP) is 6.00. The Morgan fingerprint density at radius 2 is 2.00 bits per heavy atom. The number of allylic oxidation sites excluding steroid dienone is 1. The Kier molecular flexibility index (Phi) is 6.08. The lowest BCUT2D eigenvalue weighted by Crippen LogP contribution is -2.33. The minimum absolute atomic E-state index is 0.186. The lowest BCUT2D eigenvalue weighted by atomic mass is 9.94. The molecule has 0 N–H and O–H groups in total. The van der Waals surface area contributed by atoms with Gasteiger partial charge >= 0.3 is 0 Å². The molecule has 1 fully saturated rings. The minimum Gasteiger partial charge on any atom is -0.357 e. The molecular formula is C23H29FN2. The summed E-state index contributed by atoms with van der Waals surface area (Å²) in [5, 5.41) is 0. The molecule has 0 aliphatic carbocycles. The van der Waals surface area contributed by atoms with Gasteiger partial charge in [-0.05, 0) is 73.1 Å². The molecular weight excluding hydrogens is 323 g/mol. The van der Waals surface area contributed by atoms with Crippen molar-refractivity contribution in [2.45, 2.75) is 46.5 Å². The third-order valence-corrected chi connectivity index (χ3v) is 5.28. The molecule has 1 aromatic carbocycles. The van der Waals surface area contributed by atoms with Crippen LogP contribution in [0.25, 0.3) is 5.57 Å². The van der Waals surface area contributed by atoms with Crippen molar-refractivity contribution in [1.82, 2.24) is 4.98 Å². The van der Waals surface area contributed by atoms with Crippen molar-refractivity contribution in [3.63, 3.8) is 0 Å². The number of anilines is 1. The summed E-state index contributed by atoms with van der Waals surface area (Å²) >= 11 is 0. The maximum absolute atomic E-state index is 13.5. The van der Waals surface area contributed by atoms with Crippen LogP contribution in [0, 0.1) is 18.7 Å². The molecule has 0 saturated carbocycles. The molecule has 26 heavy (non-hydrogen) atoms. The molecule has 2 nitrogen and oxygen atoms in total. The normalized spacial score (nSPS) is 16.2. The van der Waals surface area contributed by atoms with Crippen LogP contribution in [-0.2, 0) is 0 Å². The summed E-state index contributed by atoms with van der Waals surface area (Å²) in [4.78, 5) is 7.12. The van der Waals surface area contributed by atoms with E-state index in [1.807, 2.05) is 19.2 Å². The van der Waals surface area contributed by atoms with E-state index in [2.05, 4.69) is 37.0 Å². The fourth-order valence-electron chi connectivity index (χ4n) is 3.57. The molecule has 3 heteroatoms. The molecule has 1 aromatic heterocycles. The first-order valence-electron chi connectivity index (χ1n) is 9.76. The highest BCUT2D eigenvalue weighted by atomic mass is 19.1. The Bertz CT molecular complexity index is 756. The third-order valence-electron chi connectivity index (χ3n) is 5.28. The maximum Gasteiger partial charge on any atom is 0.128 e. The maximum atomic E-state index is 13.5. The van der Waals surface area contributed by atoms with Crippen molar-refractivity contribution in [3.8, 4) is 0 Å². The van der Waals surface area contributed by atoms with Gasteiger partial charge in [-0.3, -0.25) is 0 Å². The number of hydrogen-bond donors (Lipinski definition) is 0. The quantitative estimate of drug-likeness (QED) is 0.656. The number of hydrogen-bond acceptors (Lipinski definition) is 2. The van der Waals surface area contributed by atoms with E-state index in [-0.39, 0.29) is 5.82 Å². The fraction of sp³-hybridized carbons (Fsp3) is 0.435. The lowest BCUT2D eigenvalue weighted by molar-refractivity contribution is 0.436. The van der Waals surface area contributed by atoms with Gasteiger partial charge in [0.25, 0.3) is 0 Å². The number of nitrogens with zero attached hydrogens (tertiary/aromatic N) is 2. The van der Waals surface area contributed by atoms with Crippen LogP contribution in [0.3, 0.4) is 0 Å². The van der Waals surface area contributed by atoms with E-state index in [4.69, 9.17) is 4.98 Å². The molecule has 3 rings (SSSR count). The molecule has 0 bridgehead atoms. The van der Waals surface area contributed by atoms with E-state index in [1.165, 1.54) is 12.8 Å². The average molecular weight is 352 g/mol. The SMILES string of the molecule is CCCC=C(c1ccc(N2CCC(C)CC2)nc1)c1ccc(F)cc1C. The molecule has 2 aromatic rings. The van der Waals surface area contributed by atoms with Crippen LogP contribution < -0.4 is 4.90 Å². The summed E-state index contributed by atoms with van der Waals surface area (Å²) in [5.41, 5.74) is 4.29. The Labute approximate surface area is 156 Å². The first-order valence-corrected chi connectivity index (χ1v) is 9.76. The van der Waals surface area contributed by atoms with E-state index in [1.54, 1.807) is 12.1 Å². The summed E-state index contributed by atoms with van der Waals surface area (Å²) in [5.74, 6) is 1.69. The molecule has 0 unspecified atom stereocenters. The average Bonchev–Trinajstić information content (AvgIpc) is 2.64. The fourth-order valence-corrected chi connectivity index (χ4v) is 3.57. The topological polar surface area (TPSA) is 16.1 Å². The van der Waals surface area contributed by atoms with Gasteiger partial charge in [-0.2, -0.15) is 0 Å². The van der Waals surface area contributed by atoms with Gasteiger partial charge in [0.05, 0.1) is 0 Å². The second-order valence-corrected chi connectivity index (χ2v) is 7.44. The molecule has 0 amide bonds. The zero-order valence-corrected chi connectivity index (χ0v) is 16.1. The van der Waals surface area contributed by atoms with Crippen LogP contribution >= 0.6 is 0 Å². The second kappa shape index (κ2) is 8.48. The van der Waals surface area contributed by atoms with Gasteiger partial charge in [0.2, 0.25) is 0 Å². The number of aromatic nitrogens is 1. The number of aryl methyl sites for hydroxylation is 1. The standard InChI is InChI=1S/C23H29FN2/c1-4-5-6-22(21-9-8-20(24)15-18(21)3)19-7-10-23(25-16-19)26-13-11-17(2)12-14-26/h6-10,15-17H,4-5,11-14H2,1-3H3. The summed E-state index contributed by atoms with van der Waals surface area (Å²) in [7, 11) is 0. The number of unbranched alkanes of at least 4 members (excludes halogenated alkanes) is 1. The Morgan fingerprint density at radius 1 is 1.23 bits per heavy atom. The first kappa shape index (κ1) is 18.6.